The van der Waals surface area contributed by atoms with Crippen LogP contribution in [-0.4, -0.2) is 80.9 Å². The summed E-state index contributed by atoms with van der Waals surface area (Å²) < 4.78 is 27.3. The molecular formula is C27H32N2O8. The third-order valence-corrected chi connectivity index (χ3v) is 6.74. The van der Waals surface area contributed by atoms with Crippen LogP contribution in [0.4, 0.5) is 0 Å². The SMILES string of the molecule is CCN(CC)CCN1C(=O)C(=O)C(=C(O)c2ccc3c(c2)OCO3)[C@@H]1c1cc(OC)c(OC)c(OC)c1. The van der Waals surface area contributed by atoms with Crippen LogP contribution in [0, 0.1) is 0 Å². The zero-order chi connectivity index (χ0) is 26.7. The van der Waals surface area contributed by atoms with Crippen LogP contribution in [0.1, 0.15) is 31.0 Å². The van der Waals surface area contributed by atoms with E-state index in [1.165, 1.54) is 26.2 Å². The topological polar surface area (TPSA) is 107 Å². The molecule has 10 heteroatoms. The molecule has 2 heterocycles. The molecule has 0 aliphatic carbocycles. The average Bonchev–Trinajstić information content (AvgIpc) is 3.49. The van der Waals surface area contributed by atoms with Crippen LogP contribution in [0.15, 0.2) is 35.9 Å². The Kier molecular flexibility index (Phi) is 7.77. The second-order valence-corrected chi connectivity index (χ2v) is 8.55. The van der Waals surface area contributed by atoms with Crippen molar-refractivity contribution >= 4 is 17.4 Å². The summed E-state index contributed by atoms with van der Waals surface area (Å²) in [6.07, 6.45) is 0. The number of nitrogens with zero attached hydrogens (tertiary/aromatic N) is 2. The monoisotopic (exact) mass is 512 g/mol. The Morgan fingerprint density at radius 3 is 2.24 bits per heavy atom. The van der Waals surface area contributed by atoms with Gasteiger partial charge >= 0.3 is 0 Å². The van der Waals surface area contributed by atoms with Gasteiger partial charge in [-0.2, -0.15) is 0 Å². The van der Waals surface area contributed by atoms with Crippen LogP contribution in [0.5, 0.6) is 28.7 Å². The van der Waals surface area contributed by atoms with E-state index in [2.05, 4.69) is 4.90 Å². The number of carbonyl (C=O) groups is 2. The van der Waals surface area contributed by atoms with Gasteiger partial charge in [0.15, 0.2) is 23.0 Å². The van der Waals surface area contributed by atoms with Crippen LogP contribution in [0.25, 0.3) is 5.76 Å². The highest BCUT2D eigenvalue weighted by Gasteiger charge is 2.46. The van der Waals surface area contributed by atoms with E-state index in [4.69, 9.17) is 23.7 Å². The van der Waals surface area contributed by atoms with Crippen LogP contribution in [0.3, 0.4) is 0 Å². The van der Waals surface area contributed by atoms with E-state index in [0.717, 1.165) is 13.1 Å². The van der Waals surface area contributed by atoms with Crippen LogP contribution in [-0.2, 0) is 9.59 Å². The van der Waals surface area contributed by atoms with Crippen LogP contribution in [0.2, 0.25) is 0 Å². The molecule has 2 aromatic carbocycles. The molecule has 4 rings (SSSR count). The minimum atomic E-state index is -0.880. The predicted molar refractivity (Wildman–Crippen MR) is 135 cm³/mol. The summed E-state index contributed by atoms with van der Waals surface area (Å²) in [7, 11) is 4.48. The summed E-state index contributed by atoms with van der Waals surface area (Å²) in [5.74, 6) is 0.345. The number of methoxy groups -OCH3 is 3. The summed E-state index contributed by atoms with van der Waals surface area (Å²) in [6, 6.07) is 7.37. The molecule has 1 fully saturated rings. The first-order valence-corrected chi connectivity index (χ1v) is 12.1. The molecule has 1 saturated heterocycles. The standard InChI is InChI=1S/C27H32N2O8/c1-6-28(7-2)10-11-29-23(17-13-20(33-3)26(35-5)21(14-17)34-4)22(25(31)27(29)32)24(30)16-8-9-18-19(12-16)37-15-36-18/h8-9,12-14,23,30H,6-7,10-11,15H2,1-5H3/t23-/m0/s1. The van der Waals surface area contributed by atoms with Crippen molar-refractivity contribution in [3.8, 4) is 28.7 Å². The summed E-state index contributed by atoms with van der Waals surface area (Å²) in [5, 5.41) is 11.4. The highest BCUT2D eigenvalue weighted by Crippen LogP contribution is 2.46. The molecule has 37 heavy (non-hydrogen) atoms. The molecule has 198 valence electrons. The number of ether oxygens (including phenoxy) is 5. The second kappa shape index (κ2) is 11.0. The predicted octanol–water partition coefficient (Wildman–Crippen LogP) is 3.20. The number of hydrogen-bond acceptors (Lipinski definition) is 9. The third kappa shape index (κ3) is 4.76. The van der Waals surface area contributed by atoms with Crippen molar-refractivity contribution in [3.63, 3.8) is 0 Å². The van der Waals surface area contributed by atoms with Crippen molar-refractivity contribution in [3.05, 3.63) is 47.0 Å². The number of aliphatic hydroxyl groups is 1. The van der Waals surface area contributed by atoms with Gasteiger partial charge in [0.2, 0.25) is 12.5 Å². The molecule has 0 spiro atoms. The highest BCUT2D eigenvalue weighted by atomic mass is 16.7. The van der Waals surface area contributed by atoms with E-state index < -0.39 is 17.7 Å². The van der Waals surface area contributed by atoms with E-state index >= 15 is 0 Å². The summed E-state index contributed by atoms with van der Waals surface area (Å²) >= 11 is 0. The Morgan fingerprint density at radius 2 is 1.65 bits per heavy atom. The molecule has 1 amide bonds. The Bertz CT molecular complexity index is 1200. The smallest absolute Gasteiger partial charge is 0.295 e. The molecule has 1 N–H and O–H groups in total. The first-order chi connectivity index (χ1) is 17.9. The molecular weight excluding hydrogens is 480 g/mol. The molecule has 0 unspecified atom stereocenters. The highest BCUT2D eigenvalue weighted by molar-refractivity contribution is 6.46. The van der Waals surface area contributed by atoms with Crippen LogP contribution < -0.4 is 23.7 Å². The van der Waals surface area contributed by atoms with Gasteiger partial charge < -0.3 is 38.6 Å². The van der Waals surface area contributed by atoms with Gasteiger partial charge in [-0.1, -0.05) is 13.8 Å². The van der Waals surface area contributed by atoms with Gasteiger partial charge in [-0.05, 0) is 49.0 Å². The fourth-order valence-electron chi connectivity index (χ4n) is 4.70. The first-order valence-electron chi connectivity index (χ1n) is 12.1. The van der Waals surface area contributed by atoms with Gasteiger partial charge in [-0.25, -0.2) is 0 Å². The lowest BCUT2D eigenvalue weighted by atomic mass is 9.94. The number of fused-ring (bicyclic) bond motifs is 1. The third-order valence-electron chi connectivity index (χ3n) is 6.74. The van der Waals surface area contributed by atoms with Crippen molar-refractivity contribution < 1.29 is 38.4 Å². The molecule has 0 bridgehead atoms. The number of benzene rings is 2. The van der Waals surface area contributed by atoms with Crippen molar-refractivity contribution in [1.82, 2.24) is 9.80 Å². The largest absolute Gasteiger partial charge is 0.507 e. The Labute approximate surface area is 215 Å². The molecule has 2 aliphatic rings. The second-order valence-electron chi connectivity index (χ2n) is 8.55. The normalized spacial score (nSPS) is 18.0. The van der Waals surface area contributed by atoms with Crippen LogP contribution >= 0.6 is 0 Å². The Balaban J connectivity index is 1.88. The zero-order valence-electron chi connectivity index (χ0n) is 21.7. The van der Waals surface area contributed by atoms with Gasteiger partial charge in [-0.3, -0.25) is 9.59 Å². The lowest BCUT2D eigenvalue weighted by molar-refractivity contribution is -0.140. The quantitative estimate of drug-likeness (QED) is 0.292. The van der Waals surface area contributed by atoms with Crippen molar-refractivity contribution in [2.45, 2.75) is 19.9 Å². The van der Waals surface area contributed by atoms with E-state index in [1.807, 2.05) is 13.8 Å². The number of hydrogen-bond donors (Lipinski definition) is 1. The summed E-state index contributed by atoms with van der Waals surface area (Å²) in [6.45, 7) is 6.58. The lowest BCUT2D eigenvalue weighted by Crippen LogP contribution is -2.38. The zero-order valence-corrected chi connectivity index (χ0v) is 21.7. The first kappa shape index (κ1) is 26.2. The maximum Gasteiger partial charge on any atom is 0.295 e. The fourth-order valence-corrected chi connectivity index (χ4v) is 4.70. The molecule has 0 radical (unpaired) electrons. The Morgan fingerprint density at radius 1 is 1.00 bits per heavy atom. The number of carbonyl (C=O) groups excluding carboxylic acids is 2. The summed E-state index contributed by atoms with van der Waals surface area (Å²) in [4.78, 5) is 30.4. The molecule has 10 nitrogen and oxygen atoms in total. The summed E-state index contributed by atoms with van der Waals surface area (Å²) in [5.41, 5.74) is 0.844. The molecule has 0 aromatic heterocycles. The number of likely N-dealkylation sites (N-methyl/N-ethyl adjacent to an activating group) is 1. The number of amides is 1. The van der Waals surface area contributed by atoms with E-state index in [0.29, 0.717) is 46.4 Å². The van der Waals surface area contributed by atoms with Gasteiger partial charge in [0.1, 0.15) is 5.76 Å². The molecule has 1 atom stereocenters. The maximum absolute atomic E-state index is 13.4. The van der Waals surface area contributed by atoms with Gasteiger partial charge in [0.05, 0.1) is 32.9 Å². The molecule has 0 saturated carbocycles. The van der Waals surface area contributed by atoms with Gasteiger partial charge in [0.25, 0.3) is 11.7 Å². The number of rotatable bonds is 10. The van der Waals surface area contributed by atoms with E-state index in [-0.39, 0.29) is 24.7 Å². The average molecular weight is 513 g/mol. The maximum atomic E-state index is 13.4. The molecule has 2 aromatic rings. The number of aliphatic hydroxyl groups excluding tert-OH is 1. The lowest BCUT2D eigenvalue weighted by Gasteiger charge is -2.29. The Hall–Kier alpha value is -3.92. The van der Waals surface area contributed by atoms with Gasteiger partial charge in [-0.15, -0.1) is 0 Å². The van der Waals surface area contributed by atoms with Crippen molar-refractivity contribution in [2.75, 3.05) is 54.3 Å². The number of ketones is 1. The minimum absolute atomic E-state index is 0.0299. The van der Waals surface area contributed by atoms with Crippen molar-refractivity contribution in [1.29, 1.82) is 0 Å². The van der Waals surface area contributed by atoms with Crippen molar-refractivity contribution in [2.24, 2.45) is 0 Å². The van der Waals surface area contributed by atoms with E-state index in [1.54, 1.807) is 30.3 Å². The number of Topliss-reactive ketones (excluding diaryl/α,β-unsaturated/α-hetero) is 1. The fraction of sp³-hybridized carbons (Fsp3) is 0.407. The van der Waals surface area contributed by atoms with Gasteiger partial charge in [0, 0.05) is 18.7 Å². The minimum Gasteiger partial charge on any atom is -0.507 e. The van der Waals surface area contributed by atoms with E-state index in [9.17, 15) is 14.7 Å². The molecule has 2 aliphatic heterocycles. The number of likely N-dealkylation sites (tertiary alicyclic amines) is 1.